The zero-order valence-corrected chi connectivity index (χ0v) is 11.0. The summed E-state index contributed by atoms with van der Waals surface area (Å²) in [5, 5.41) is 0. The van der Waals surface area contributed by atoms with Gasteiger partial charge >= 0.3 is 0 Å². The molecule has 2 N–H and O–H groups in total. The third-order valence-corrected chi connectivity index (χ3v) is 5.05. The van der Waals surface area contributed by atoms with Crippen LogP contribution in [-0.4, -0.2) is 41.8 Å². The normalized spacial score (nSPS) is 48.0. The Labute approximate surface area is 105 Å². The van der Waals surface area contributed by atoms with Gasteiger partial charge in [-0.1, -0.05) is 6.42 Å². The molecule has 0 amide bonds. The summed E-state index contributed by atoms with van der Waals surface area (Å²) in [5.74, 6) is 0. The summed E-state index contributed by atoms with van der Waals surface area (Å²) in [6.07, 6.45) is 9.01. The van der Waals surface area contributed by atoms with Crippen molar-refractivity contribution in [2.75, 3.05) is 13.2 Å². The van der Waals surface area contributed by atoms with E-state index in [0.717, 1.165) is 25.3 Å². The van der Waals surface area contributed by atoms with Crippen molar-refractivity contribution >= 4 is 0 Å². The molecule has 3 aliphatic heterocycles. The van der Waals surface area contributed by atoms with Gasteiger partial charge in [0.2, 0.25) is 0 Å². The lowest BCUT2D eigenvalue weighted by Gasteiger charge is -2.57. The van der Waals surface area contributed by atoms with Crippen molar-refractivity contribution in [1.82, 2.24) is 4.90 Å². The van der Waals surface area contributed by atoms with Crippen LogP contribution in [0.2, 0.25) is 0 Å². The molecule has 3 fully saturated rings. The second-order valence-corrected chi connectivity index (χ2v) is 6.53. The molecule has 3 heteroatoms. The molecule has 3 heterocycles. The fraction of sp³-hybridized carbons (Fsp3) is 1.00. The quantitative estimate of drug-likeness (QED) is 0.758. The van der Waals surface area contributed by atoms with Crippen molar-refractivity contribution in [2.45, 2.75) is 75.5 Å². The minimum Gasteiger partial charge on any atom is -0.380 e. The van der Waals surface area contributed by atoms with Crippen LogP contribution >= 0.6 is 0 Å². The molecule has 0 radical (unpaired) electrons. The highest BCUT2D eigenvalue weighted by molar-refractivity contribution is 5.02. The zero-order chi connectivity index (χ0) is 11.9. The molecule has 3 saturated heterocycles. The van der Waals surface area contributed by atoms with Gasteiger partial charge in [0.1, 0.15) is 0 Å². The van der Waals surface area contributed by atoms with Crippen LogP contribution in [0.15, 0.2) is 0 Å². The van der Waals surface area contributed by atoms with Crippen LogP contribution in [0, 0.1) is 0 Å². The van der Waals surface area contributed by atoms with Crippen molar-refractivity contribution in [3.8, 4) is 0 Å². The summed E-state index contributed by atoms with van der Waals surface area (Å²) < 4.78 is 5.76. The van der Waals surface area contributed by atoms with Gasteiger partial charge in [-0.15, -0.1) is 0 Å². The Bertz CT molecular complexity index is 261. The highest BCUT2D eigenvalue weighted by Crippen LogP contribution is 2.41. The van der Waals surface area contributed by atoms with Gasteiger partial charge in [-0.2, -0.15) is 0 Å². The Morgan fingerprint density at radius 1 is 1.18 bits per heavy atom. The van der Waals surface area contributed by atoms with Crippen molar-refractivity contribution in [3.63, 3.8) is 0 Å². The van der Waals surface area contributed by atoms with Gasteiger partial charge in [0.05, 0.1) is 6.61 Å². The number of ether oxygens (including phenoxy) is 1. The van der Waals surface area contributed by atoms with E-state index in [2.05, 4.69) is 11.8 Å². The minimum absolute atomic E-state index is 0.286. The van der Waals surface area contributed by atoms with Crippen molar-refractivity contribution in [1.29, 1.82) is 0 Å². The van der Waals surface area contributed by atoms with E-state index in [0.29, 0.717) is 6.04 Å². The molecule has 3 atom stereocenters. The van der Waals surface area contributed by atoms with E-state index in [4.69, 9.17) is 10.5 Å². The van der Waals surface area contributed by atoms with E-state index in [-0.39, 0.29) is 5.54 Å². The molecule has 0 aliphatic carbocycles. The number of nitrogens with two attached hydrogens (primary N) is 1. The Balaban J connectivity index is 1.81. The second-order valence-electron chi connectivity index (χ2n) is 6.53. The monoisotopic (exact) mass is 238 g/mol. The molecule has 3 rings (SSSR count). The van der Waals surface area contributed by atoms with E-state index >= 15 is 0 Å². The van der Waals surface area contributed by atoms with Gasteiger partial charge in [-0.3, -0.25) is 4.90 Å². The molecular formula is C14H26N2O. The van der Waals surface area contributed by atoms with Crippen LogP contribution in [0.1, 0.15) is 51.9 Å². The lowest BCUT2D eigenvalue weighted by molar-refractivity contribution is -0.110. The first-order chi connectivity index (χ1) is 8.19. The molecule has 0 aromatic carbocycles. The van der Waals surface area contributed by atoms with Crippen LogP contribution in [0.5, 0.6) is 0 Å². The Morgan fingerprint density at radius 3 is 2.47 bits per heavy atom. The first-order valence-corrected chi connectivity index (χ1v) is 7.31. The molecule has 3 aliphatic rings. The molecule has 3 nitrogen and oxygen atoms in total. The number of nitrogens with zero attached hydrogens (tertiary/aromatic N) is 1. The molecule has 2 bridgehead atoms. The van der Waals surface area contributed by atoms with Gasteiger partial charge in [0, 0.05) is 30.3 Å². The second kappa shape index (κ2) is 4.52. The number of hydrogen-bond acceptors (Lipinski definition) is 3. The number of rotatable bonds is 1. The minimum atomic E-state index is 0.286. The van der Waals surface area contributed by atoms with Gasteiger partial charge in [0.15, 0.2) is 0 Å². The van der Waals surface area contributed by atoms with Gasteiger partial charge < -0.3 is 10.5 Å². The number of piperidine rings is 2. The van der Waals surface area contributed by atoms with Crippen LogP contribution in [0.3, 0.4) is 0 Å². The largest absolute Gasteiger partial charge is 0.380 e. The molecule has 98 valence electrons. The highest BCUT2D eigenvalue weighted by Gasteiger charge is 2.46. The van der Waals surface area contributed by atoms with Crippen molar-refractivity contribution in [2.24, 2.45) is 5.73 Å². The van der Waals surface area contributed by atoms with Crippen LogP contribution in [0.4, 0.5) is 0 Å². The lowest BCUT2D eigenvalue weighted by Crippen LogP contribution is -2.65. The SMILES string of the molecule is CC1(N2C3CCCC2CC(N)C3)CCCOC1. The smallest absolute Gasteiger partial charge is 0.0647 e. The fourth-order valence-electron chi connectivity index (χ4n) is 4.43. The van der Waals surface area contributed by atoms with Gasteiger partial charge in [-0.05, 0) is 45.4 Å². The number of hydrogen-bond donors (Lipinski definition) is 1. The van der Waals surface area contributed by atoms with Crippen LogP contribution in [0.25, 0.3) is 0 Å². The van der Waals surface area contributed by atoms with Gasteiger partial charge in [0.25, 0.3) is 0 Å². The molecule has 3 unspecified atom stereocenters. The highest BCUT2D eigenvalue weighted by atomic mass is 16.5. The van der Waals surface area contributed by atoms with E-state index in [1.165, 1.54) is 44.9 Å². The maximum atomic E-state index is 6.20. The topological polar surface area (TPSA) is 38.5 Å². The Hall–Kier alpha value is -0.120. The third-order valence-electron chi connectivity index (χ3n) is 5.05. The third kappa shape index (κ3) is 2.13. The van der Waals surface area contributed by atoms with Crippen molar-refractivity contribution in [3.05, 3.63) is 0 Å². The van der Waals surface area contributed by atoms with E-state index in [9.17, 15) is 0 Å². The molecule has 0 saturated carbocycles. The Kier molecular flexibility index (Phi) is 3.18. The summed E-state index contributed by atoms with van der Waals surface area (Å²) in [5.41, 5.74) is 6.49. The average Bonchev–Trinajstić information content (AvgIpc) is 2.28. The zero-order valence-electron chi connectivity index (χ0n) is 11.0. The first-order valence-electron chi connectivity index (χ1n) is 7.31. The predicted octanol–water partition coefficient (Wildman–Crippen LogP) is 1.90. The summed E-state index contributed by atoms with van der Waals surface area (Å²) >= 11 is 0. The summed E-state index contributed by atoms with van der Waals surface area (Å²) in [7, 11) is 0. The van der Waals surface area contributed by atoms with Gasteiger partial charge in [-0.25, -0.2) is 0 Å². The molecule has 0 spiro atoms. The molecular weight excluding hydrogens is 212 g/mol. The number of fused-ring (bicyclic) bond motifs is 2. The molecule has 0 aromatic heterocycles. The average molecular weight is 238 g/mol. The summed E-state index contributed by atoms with van der Waals surface area (Å²) in [6.45, 7) is 4.29. The van der Waals surface area contributed by atoms with Crippen molar-refractivity contribution < 1.29 is 4.74 Å². The lowest BCUT2D eigenvalue weighted by atomic mass is 9.77. The predicted molar refractivity (Wildman–Crippen MR) is 68.9 cm³/mol. The van der Waals surface area contributed by atoms with E-state index in [1.54, 1.807) is 0 Å². The Morgan fingerprint density at radius 2 is 1.88 bits per heavy atom. The van der Waals surface area contributed by atoms with Crippen LogP contribution < -0.4 is 5.73 Å². The van der Waals surface area contributed by atoms with E-state index in [1.807, 2.05) is 0 Å². The summed E-state index contributed by atoms with van der Waals surface area (Å²) in [4.78, 5) is 2.80. The summed E-state index contributed by atoms with van der Waals surface area (Å²) in [6, 6.07) is 1.89. The van der Waals surface area contributed by atoms with E-state index < -0.39 is 0 Å². The fourth-order valence-corrected chi connectivity index (χ4v) is 4.43. The standard InChI is InChI=1S/C14H26N2O/c1-14(6-3-7-17-10-14)16-12-4-2-5-13(16)9-11(15)8-12/h11-13H,2-10,15H2,1H3. The molecule has 17 heavy (non-hydrogen) atoms. The van der Waals surface area contributed by atoms with Crippen LogP contribution in [-0.2, 0) is 4.74 Å². The maximum absolute atomic E-state index is 6.20. The maximum Gasteiger partial charge on any atom is 0.0647 e. The molecule has 0 aromatic rings. The first kappa shape index (κ1) is 11.9.